The van der Waals surface area contributed by atoms with Crippen LogP contribution >= 0.6 is 0 Å². The number of aliphatic hydroxyl groups is 5. The van der Waals surface area contributed by atoms with Crippen LogP contribution in [0.1, 0.15) is 6.92 Å². The van der Waals surface area contributed by atoms with Crippen molar-refractivity contribution in [3.63, 3.8) is 0 Å². The maximum Gasteiger partial charge on any atom is 0.337 e. The van der Waals surface area contributed by atoms with Crippen LogP contribution in [0, 0.1) is 11.8 Å². The molecule has 0 saturated carbocycles. The van der Waals surface area contributed by atoms with Crippen molar-refractivity contribution in [3.05, 3.63) is 35.6 Å². The van der Waals surface area contributed by atoms with Gasteiger partial charge in [0, 0.05) is 5.92 Å². The molecule has 0 bridgehead atoms. The zero-order valence-corrected chi connectivity index (χ0v) is 17.8. The molecule has 0 aromatic heterocycles. The van der Waals surface area contributed by atoms with Crippen LogP contribution in [0.5, 0.6) is 0 Å². The Balaban J connectivity index is 1.67. The zero-order chi connectivity index (χ0) is 24.1. The third kappa shape index (κ3) is 3.87. The van der Waals surface area contributed by atoms with Gasteiger partial charge in [0.15, 0.2) is 11.9 Å². The molecule has 1 fully saturated rings. The summed E-state index contributed by atoms with van der Waals surface area (Å²) in [5.74, 6) is -3.03. The molecule has 0 amide bonds. The summed E-state index contributed by atoms with van der Waals surface area (Å²) in [5, 5.41) is 49.8. The molecule has 1 saturated heterocycles. The topological polar surface area (TPSA) is 181 Å². The number of methoxy groups -OCH3 is 1. The molecular formula is C21H26O12. The molecule has 1 aliphatic carbocycles. The molecule has 12 nitrogen and oxygen atoms in total. The summed E-state index contributed by atoms with van der Waals surface area (Å²) in [7, 11) is 1.20. The van der Waals surface area contributed by atoms with E-state index in [1.165, 1.54) is 20.1 Å². The number of carbonyl (C=O) groups excluding carboxylic acids is 2. The first-order valence-corrected chi connectivity index (χ1v) is 10.4. The van der Waals surface area contributed by atoms with Crippen LogP contribution in [0.15, 0.2) is 35.6 Å². The fourth-order valence-corrected chi connectivity index (χ4v) is 4.57. The van der Waals surface area contributed by atoms with Gasteiger partial charge in [0.05, 0.1) is 43.1 Å². The first-order chi connectivity index (χ1) is 15.6. The Hall–Kier alpha value is -2.32. The third-order valence-corrected chi connectivity index (χ3v) is 6.33. The van der Waals surface area contributed by atoms with Crippen molar-refractivity contribution >= 4 is 11.9 Å². The molecule has 3 heterocycles. The fourth-order valence-electron chi connectivity index (χ4n) is 4.57. The predicted octanol–water partition coefficient (Wildman–Crippen LogP) is -2.38. The second-order valence-electron chi connectivity index (χ2n) is 8.33. The Kier molecular flexibility index (Phi) is 6.35. The smallest absolute Gasteiger partial charge is 0.337 e. The minimum Gasteiger partial charge on any atom is -0.471 e. The highest BCUT2D eigenvalue weighted by Gasteiger charge is 2.59. The van der Waals surface area contributed by atoms with E-state index in [0.717, 1.165) is 6.26 Å². The maximum absolute atomic E-state index is 12.4. The van der Waals surface area contributed by atoms with Gasteiger partial charge < -0.3 is 49.2 Å². The van der Waals surface area contributed by atoms with E-state index in [-0.39, 0.29) is 11.1 Å². The van der Waals surface area contributed by atoms with Crippen LogP contribution in [0.4, 0.5) is 0 Å². The van der Waals surface area contributed by atoms with Gasteiger partial charge in [-0.15, -0.1) is 0 Å². The van der Waals surface area contributed by atoms with Crippen molar-refractivity contribution in [1.29, 1.82) is 0 Å². The summed E-state index contributed by atoms with van der Waals surface area (Å²) in [4.78, 5) is 24.7. The Morgan fingerprint density at radius 1 is 1.21 bits per heavy atom. The highest BCUT2D eigenvalue weighted by Crippen LogP contribution is 2.50. The van der Waals surface area contributed by atoms with Crippen molar-refractivity contribution in [1.82, 2.24) is 0 Å². The molecule has 33 heavy (non-hydrogen) atoms. The SMILES string of the molecule is COC(=O)C1=CO[C@@H](O[C@@H]2O[C@@H](CO)[C@H](O)[C@H](O)[C@H]2O)[C@H]2[C@H]1C=C[C@@]21C=C([C@H](C)O)C(=O)O1. The standard InChI is InChI=1S/C21H26O12/c1-8(23)10-5-21(33-18(10)28)4-3-9-11(17(27)29-2)7-30-19(13(9)21)32-20-16(26)15(25)14(24)12(6-22)31-20/h3-5,7-9,12-16,19-20,22-26H,6H2,1-2H3/t8-,9-,12-,13+,14-,15-,16+,19-,20-,21+/m0/s1. The van der Waals surface area contributed by atoms with Gasteiger partial charge in [0.2, 0.25) is 6.29 Å². The second kappa shape index (κ2) is 8.80. The summed E-state index contributed by atoms with van der Waals surface area (Å²) >= 11 is 0. The van der Waals surface area contributed by atoms with E-state index in [0.29, 0.717) is 0 Å². The van der Waals surface area contributed by atoms with Crippen molar-refractivity contribution in [2.45, 2.75) is 55.6 Å². The van der Waals surface area contributed by atoms with E-state index >= 15 is 0 Å². The Labute approximate surface area is 188 Å². The van der Waals surface area contributed by atoms with Gasteiger partial charge in [0.25, 0.3) is 0 Å². The van der Waals surface area contributed by atoms with Crippen LogP contribution in [-0.2, 0) is 33.3 Å². The number of hydrogen-bond donors (Lipinski definition) is 5. The predicted molar refractivity (Wildman–Crippen MR) is 105 cm³/mol. The number of rotatable bonds is 5. The van der Waals surface area contributed by atoms with Gasteiger partial charge in [-0.05, 0) is 19.1 Å². The van der Waals surface area contributed by atoms with Gasteiger partial charge in [-0.1, -0.05) is 6.08 Å². The van der Waals surface area contributed by atoms with E-state index in [2.05, 4.69) is 0 Å². The lowest BCUT2D eigenvalue weighted by molar-refractivity contribution is -0.344. The van der Waals surface area contributed by atoms with Crippen LogP contribution in [0.3, 0.4) is 0 Å². The number of ether oxygens (including phenoxy) is 5. The van der Waals surface area contributed by atoms with Crippen LogP contribution in [0.2, 0.25) is 0 Å². The lowest BCUT2D eigenvalue weighted by atomic mass is 9.78. The first-order valence-electron chi connectivity index (χ1n) is 10.4. The number of esters is 2. The van der Waals surface area contributed by atoms with Gasteiger partial charge in [-0.25, -0.2) is 9.59 Å². The quantitative estimate of drug-likeness (QED) is 0.213. The molecule has 0 radical (unpaired) electrons. The minimum atomic E-state index is -1.70. The Morgan fingerprint density at radius 2 is 1.94 bits per heavy atom. The largest absolute Gasteiger partial charge is 0.471 e. The molecule has 1 spiro atoms. The lowest BCUT2D eigenvalue weighted by Crippen LogP contribution is -2.60. The van der Waals surface area contributed by atoms with E-state index in [1.807, 2.05) is 0 Å². The number of carbonyl (C=O) groups is 2. The molecule has 4 aliphatic rings. The summed E-state index contributed by atoms with van der Waals surface area (Å²) in [6.07, 6.45) is -4.38. The summed E-state index contributed by atoms with van der Waals surface area (Å²) in [5.41, 5.74) is -1.30. The highest BCUT2D eigenvalue weighted by atomic mass is 16.8. The molecular weight excluding hydrogens is 444 g/mol. The number of aliphatic hydroxyl groups excluding tert-OH is 5. The molecule has 3 aliphatic heterocycles. The summed E-state index contributed by atoms with van der Waals surface area (Å²) < 4.78 is 27.2. The monoisotopic (exact) mass is 470 g/mol. The Morgan fingerprint density at radius 3 is 2.55 bits per heavy atom. The molecule has 5 N–H and O–H groups in total. The Bertz CT molecular complexity index is 892. The van der Waals surface area contributed by atoms with E-state index in [9.17, 15) is 35.1 Å². The summed E-state index contributed by atoms with van der Waals surface area (Å²) in [6, 6.07) is 0. The van der Waals surface area contributed by atoms with Crippen molar-refractivity contribution in [2.24, 2.45) is 11.8 Å². The molecule has 0 aromatic carbocycles. The van der Waals surface area contributed by atoms with Gasteiger partial charge in [0.1, 0.15) is 24.4 Å². The lowest BCUT2D eigenvalue weighted by Gasteiger charge is -2.44. The highest BCUT2D eigenvalue weighted by molar-refractivity contribution is 5.94. The van der Waals surface area contributed by atoms with Gasteiger partial charge in [-0.3, -0.25) is 0 Å². The summed E-state index contributed by atoms with van der Waals surface area (Å²) in [6.45, 7) is 0.750. The van der Waals surface area contributed by atoms with Crippen LogP contribution in [0.25, 0.3) is 0 Å². The minimum absolute atomic E-state index is 0.0149. The fraction of sp³-hybridized carbons (Fsp3) is 0.619. The van der Waals surface area contributed by atoms with Crippen molar-refractivity contribution in [3.8, 4) is 0 Å². The average Bonchev–Trinajstić information content (AvgIpc) is 3.34. The number of allylic oxidation sites excluding steroid dienone is 1. The van der Waals surface area contributed by atoms with Crippen LogP contribution in [-0.4, -0.2) is 99.9 Å². The van der Waals surface area contributed by atoms with E-state index < -0.39 is 79.1 Å². The maximum atomic E-state index is 12.4. The molecule has 10 atom stereocenters. The zero-order valence-electron chi connectivity index (χ0n) is 17.8. The van der Waals surface area contributed by atoms with Crippen molar-refractivity contribution in [2.75, 3.05) is 13.7 Å². The average molecular weight is 470 g/mol. The molecule has 182 valence electrons. The van der Waals surface area contributed by atoms with E-state index in [4.69, 9.17) is 23.7 Å². The van der Waals surface area contributed by atoms with Crippen molar-refractivity contribution < 1.29 is 58.8 Å². The van der Waals surface area contributed by atoms with Crippen LogP contribution < -0.4 is 0 Å². The van der Waals surface area contributed by atoms with Gasteiger partial charge in [-0.2, -0.15) is 0 Å². The number of fused-ring (bicyclic) bond motifs is 2. The molecule has 0 aromatic rings. The van der Waals surface area contributed by atoms with Gasteiger partial charge >= 0.3 is 11.9 Å². The molecule has 4 rings (SSSR count). The normalized spacial score (nSPS) is 42.8. The number of hydrogen-bond acceptors (Lipinski definition) is 12. The third-order valence-electron chi connectivity index (χ3n) is 6.33. The first kappa shape index (κ1) is 23.8. The van der Waals surface area contributed by atoms with E-state index in [1.54, 1.807) is 12.2 Å². The molecule has 0 unspecified atom stereocenters. The molecule has 12 heteroatoms. The second-order valence-corrected chi connectivity index (χ2v) is 8.33.